The number of benzene rings is 1. The average molecular weight is 387 g/mol. The summed E-state index contributed by atoms with van der Waals surface area (Å²) in [5, 5.41) is 8.14. The van der Waals surface area contributed by atoms with E-state index in [1.807, 2.05) is 48.0 Å². The summed E-state index contributed by atoms with van der Waals surface area (Å²) >= 11 is 0. The van der Waals surface area contributed by atoms with Crippen LogP contribution in [0.15, 0.2) is 60.1 Å². The number of allylic oxidation sites excluding steroid dienone is 2. The highest BCUT2D eigenvalue weighted by Crippen LogP contribution is 2.43. The van der Waals surface area contributed by atoms with Crippen LogP contribution in [-0.2, 0) is 4.79 Å². The molecule has 0 saturated heterocycles. The summed E-state index contributed by atoms with van der Waals surface area (Å²) in [6.07, 6.45) is 5.66. The van der Waals surface area contributed by atoms with Crippen LogP contribution in [0, 0.1) is 0 Å². The Bertz CT molecular complexity index is 1100. The second kappa shape index (κ2) is 7.16. The highest BCUT2D eigenvalue weighted by Gasteiger charge is 2.38. The van der Waals surface area contributed by atoms with Gasteiger partial charge in [0.05, 0.1) is 6.61 Å². The first kappa shape index (κ1) is 17.6. The van der Waals surface area contributed by atoms with E-state index in [-0.39, 0.29) is 11.8 Å². The number of nitrogens with one attached hydrogen (secondary N) is 1. The van der Waals surface area contributed by atoms with E-state index in [0.717, 1.165) is 41.0 Å². The van der Waals surface area contributed by atoms with Gasteiger partial charge in [-0.2, -0.15) is 4.98 Å². The van der Waals surface area contributed by atoms with Gasteiger partial charge in [0.1, 0.15) is 11.8 Å². The number of rotatable bonds is 4. The van der Waals surface area contributed by atoms with Gasteiger partial charge >= 0.3 is 0 Å². The fourth-order valence-electron chi connectivity index (χ4n) is 4.06. The molecular weight excluding hydrogens is 366 g/mol. The Kier molecular flexibility index (Phi) is 4.35. The molecule has 1 aromatic carbocycles. The number of carbonyl (C=O) groups is 1. The quantitative estimate of drug-likeness (QED) is 0.734. The fourth-order valence-corrected chi connectivity index (χ4v) is 4.06. The van der Waals surface area contributed by atoms with E-state index in [2.05, 4.69) is 10.3 Å². The zero-order valence-corrected chi connectivity index (χ0v) is 16.1. The molecule has 0 radical (unpaired) electrons. The van der Waals surface area contributed by atoms with E-state index in [9.17, 15) is 4.79 Å². The van der Waals surface area contributed by atoms with Gasteiger partial charge < -0.3 is 10.1 Å². The first-order valence-corrected chi connectivity index (χ1v) is 9.88. The van der Waals surface area contributed by atoms with Gasteiger partial charge in [0, 0.05) is 41.2 Å². The van der Waals surface area contributed by atoms with Crippen LogP contribution in [0.3, 0.4) is 0 Å². The van der Waals surface area contributed by atoms with Crippen LogP contribution in [0.25, 0.3) is 11.4 Å². The number of ether oxygens (including phenoxy) is 1. The van der Waals surface area contributed by atoms with Crippen LogP contribution in [0.2, 0.25) is 0 Å². The molecule has 29 heavy (non-hydrogen) atoms. The molecule has 3 aromatic rings. The third-order valence-electron chi connectivity index (χ3n) is 5.32. The molecule has 5 rings (SSSR count). The van der Waals surface area contributed by atoms with Gasteiger partial charge in [-0.1, -0.05) is 18.2 Å². The van der Waals surface area contributed by atoms with Crippen LogP contribution in [-0.4, -0.2) is 32.1 Å². The number of carbonyl (C=O) groups excluding carboxylic acids is 1. The highest BCUT2D eigenvalue weighted by molar-refractivity contribution is 5.99. The van der Waals surface area contributed by atoms with Crippen LogP contribution in [0.5, 0.6) is 5.75 Å². The second-order valence-electron chi connectivity index (χ2n) is 7.11. The largest absolute Gasteiger partial charge is 0.494 e. The van der Waals surface area contributed by atoms with E-state index in [1.54, 1.807) is 12.4 Å². The average Bonchev–Trinajstić information content (AvgIpc) is 3.18. The van der Waals surface area contributed by atoms with Gasteiger partial charge in [-0.3, -0.25) is 9.78 Å². The molecule has 0 amide bonds. The summed E-state index contributed by atoms with van der Waals surface area (Å²) in [6, 6.07) is 11.2. The lowest BCUT2D eigenvalue weighted by Crippen LogP contribution is -2.31. The second-order valence-corrected chi connectivity index (χ2v) is 7.11. The molecular formula is C22H21N5O2. The van der Waals surface area contributed by atoms with E-state index in [0.29, 0.717) is 24.8 Å². The Morgan fingerprint density at radius 2 is 2.00 bits per heavy atom. The molecule has 2 aromatic heterocycles. The number of para-hydroxylation sites is 1. The van der Waals surface area contributed by atoms with Crippen LogP contribution in [0.4, 0.5) is 5.95 Å². The highest BCUT2D eigenvalue weighted by atomic mass is 16.5. The molecule has 7 heteroatoms. The number of aromatic nitrogens is 4. The molecule has 1 atom stereocenters. The van der Waals surface area contributed by atoms with Gasteiger partial charge in [-0.15, -0.1) is 5.10 Å². The van der Waals surface area contributed by atoms with Crippen molar-refractivity contribution in [2.45, 2.75) is 32.2 Å². The van der Waals surface area contributed by atoms with E-state index in [4.69, 9.17) is 14.8 Å². The van der Waals surface area contributed by atoms with Crippen molar-refractivity contribution in [1.29, 1.82) is 0 Å². The summed E-state index contributed by atoms with van der Waals surface area (Å²) in [7, 11) is 0. The zero-order valence-electron chi connectivity index (χ0n) is 16.1. The number of anilines is 1. The molecule has 146 valence electrons. The minimum absolute atomic E-state index is 0.154. The standard InChI is InChI=1S/C22H21N5O2/c1-2-29-18-9-4-3-6-15(18)20-19-16(7-5-8-17(19)28)24-22-25-21(26-27(20)22)14-10-12-23-13-11-14/h3-4,6,9-13,20H,2,5,7-8H2,1H3,(H,24,25,26). The lowest BCUT2D eigenvalue weighted by Gasteiger charge is -2.32. The lowest BCUT2D eigenvalue weighted by molar-refractivity contribution is -0.116. The van der Waals surface area contributed by atoms with Crippen molar-refractivity contribution in [3.63, 3.8) is 0 Å². The van der Waals surface area contributed by atoms with Crippen molar-refractivity contribution in [3.8, 4) is 17.1 Å². The van der Waals surface area contributed by atoms with Crippen molar-refractivity contribution in [2.24, 2.45) is 0 Å². The van der Waals surface area contributed by atoms with Crippen molar-refractivity contribution in [1.82, 2.24) is 19.7 Å². The summed E-state index contributed by atoms with van der Waals surface area (Å²) in [4.78, 5) is 21.7. The Balaban J connectivity index is 1.70. The van der Waals surface area contributed by atoms with Crippen LogP contribution in [0.1, 0.15) is 37.8 Å². The van der Waals surface area contributed by atoms with Gasteiger partial charge in [0.25, 0.3) is 0 Å². The molecule has 0 bridgehead atoms. The maximum atomic E-state index is 13.0. The summed E-state index contributed by atoms with van der Waals surface area (Å²) in [5.41, 5.74) is 3.51. The lowest BCUT2D eigenvalue weighted by atomic mass is 9.85. The van der Waals surface area contributed by atoms with Crippen molar-refractivity contribution in [3.05, 3.63) is 65.6 Å². The Hall–Kier alpha value is -3.48. The van der Waals surface area contributed by atoms with Crippen LogP contribution >= 0.6 is 0 Å². The molecule has 3 heterocycles. The Labute approximate surface area is 168 Å². The minimum atomic E-state index is -0.361. The van der Waals surface area contributed by atoms with E-state index < -0.39 is 0 Å². The molecule has 0 spiro atoms. The first-order chi connectivity index (χ1) is 14.3. The smallest absolute Gasteiger partial charge is 0.226 e. The summed E-state index contributed by atoms with van der Waals surface area (Å²) in [6.45, 7) is 2.51. The van der Waals surface area contributed by atoms with Crippen molar-refractivity contribution in [2.75, 3.05) is 11.9 Å². The van der Waals surface area contributed by atoms with Crippen LogP contribution < -0.4 is 10.1 Å². The van der Waals surface area contributed by atoms with Gasteiger partial charge in [-0.25, -0.2) is 4.68 Å². The first-order valence-electron chi connectivity index (χ1n) is 9.88. The third kappa shape index (κ3) is 2.99. The molecule has 7 nitrogen and oxygen atoms in total. The number of hydrogen-bond acceptors (Lipinski definition) is 6. The predicted molar refractivity (Wildman–Crippen MR) is 109 cm³/mol. The molecule has 1 unspecified atom stereocenters. The Morgan fingerprint density at radius 3 is 2.83 bits per heavy atom. The molecule has 1 N–H and O–H groups in total. The van der Waals surface area contributed by atoms with E-state index in [1.165, 1.54) is 0 Å². The molecule has 0 fully saturated rings. The normalized spacial score (nSPS) is 18.1. The van der Waals surface area contributed by atoms with Crippen molar-refractivity contribution >= 4 is 11.7 Å². The molecule has 1 aliphatic carbocycles. The number of pyridine rings is 1. The van der Waals surface area contributed by atoms with E-state index >= 15 is 0 Å². The minimum Gasteiger partial charge on any atom is -0.494 e. The SMILES string of the molecule is CCOc1ccccc1C1C2=C(CCCC2=O)Nc2nc(-c3ccncc3)nn21. The number of hydrogen-bond donors (Lipinski definition) is 1. The molecule has 0 saturated carbocycles. The predicted octanol–water partition coefficient (Wildman–Crippen LogP) is 3.76. The van der Waals surface area contributed by atoms with Gasteiger partial charge in [-0.05, 0) is 38.0 Å². The fraction of sp³-hybridized carbons (Fsp3) is 0.273. The number of nitrogens with zero attached hydrogens (tertiary/aromatic N) is 4. The summed E-state index contributed by atoms with van der Waals surface area (Å²) in [5.74, 6) is 2.16. The molecule has 2 aliphatic rings. The number of fused-ring (bicyclic) bond motifs is 1. The van der Waals surface area contributed by atoms with Gasteiger partial charge in [0.15, 0.2) is 11.6 Å². The van der Waals surface area contributed by atoms with Gasteiger partial charge in [0.2, 0.25) is 5.95 Å². The maximum absolute atomic E-state index is 13.0. The maximum Gasteiger partial charge on any atom is 0.226 e. The van der Waals surface area contributed by atoms with Crippen molar-refractivity contribution < 1.29 is 9.53 Å². The number of Topliss-reactive ketones (excluding diaryl/α,β-unsaturated/α-hetero) is 1. The Morgan fingerprint density at radius 1 is 1.17 bits per heavy atom. The monoisotopic (exact) mass is 387 g/mol. The number of ketones is 1. The third-order valence-corrected chi connectivity index (χ3v) is 5.32. The topological polar surface area (TPSA) is 81.9 Å². The summed E-state index contributed by atoms with van der Waals surface area (Å²) < 4.78 is 7.70. The molecule has 1 aliphatic heterocycles. The zero-order chi connectivity index (χ0) is 19.8.